The molecule has 0 spiro atoms. The highest BCUT2D eigenvalue weighted by atomic mass is 32.1. The van der Waals surface area contributed by atoms with Crippen molar-refractivity contribution in [2.45, 2.75) is 33.2 Å². The predicted octanol–water partition coefficient (Wildman–Crippen LogP) is 5.05. The van der Waals surface area contributed by atoms with Crippen molar-refractivity contribution in [3.63, 3.8) is 0 Å². The molecule has 0 unspecified atom stereocenters. The molecule has 0 fully saturated rings. The zero-order valence-electron chi connectivity index (χ0n) is 19.0. The van der Waals surface area contributed by atoms with Gasteiger partial charge in [-0.2, -0.15) is 0 Å². The Morgan fingerprint density at radius 2 is 1.97 bits per heavy atom. The van der Waals surface area contributed by atoms with Crippen LogP contribution in [0.2, 0.25) is 0 Å². The number of hydrogen-bond acceptors (Lipinski definition) is 6. The molecule has 2 amide bonds. The van der Waals surface area contributed by atoms with Gasteiger partial charge in [0, 0.05) is 34.0 Å². The second kappa shape index (κ2) is 6.99. The summed E-state index contributed by atoms with van der Waals surface area (Å²) in [5.41, 5.74) is 6.07. The van der Waals surface area contributed by atoms with E-state index in [9.17, 15) is 14.4 Å². The zero-order valence-corrected chi connectivity index (χ0v) is 19.8. The van der Waals surface area contributed by atoms with Crippen molar-refractivity contribution in [2.75, 3.05) is 0 Å². The SMILES string of the molecule is CCn1c2ccc(C(=O)c3ccco3)cc2c2c3c(c4c(c21)CCc1nc(C)sc1-4)C(=O)NC3=O. The van der Waals surface area contributed by atoms with Gasteiger partial charge in [-0.05, 0) is 62.6 Å². The van der Waals surface area contributed by atoms with Crippen molar-refractivity contribution in [2.24, 2.45) is 0 Å². The fourth-order valence-corrected chi connectivity index (χ4v) is 6.76. The third kappa shape index (κ3) is 2.60. The largest absolute Gasteiger partial charge is 0.461 e. The first-order chi connectivity index (χ1) is 17.0. The van der Waals surface area contributed by atoms with E-state index in [-0.39, 0.29) is 17.5 Å². The number of nitrogens with one attached hydrogen (secondary N) is 1. The second-order valence-electron chi connectivity index (χ2n) is 8.90. The lowest BCUT2D eigenvalue weighted by Gasteiger charge is -2.20. The Morgan fingerprint density at radius 1 is 1.14 bits per heavy atom. The predicted molar refractivity (Wildman–Crippen MR) is 132 cm³/mol. The molecule has 7 nitrogen and oxygen atoms in total. The lowest BCUT2D eigenvalue weighted by Crippen LogP contribution is -2.20. The quantitative estimate of drug-likeness (QED) is 0.287. The molecular weight excluding hydrogens is 462 g/mol. The number of aromatic nitrogens is 2. The number of rotatable bonds is 3. The minimum Gasteiger partial charge on any atom is -0.461 e. The molecule has 0 saturated heterocycles. The Balaban J connectivity index is 1.64. The van der Waals surface area contributed by atoms with Gasteiger partial charge in [-0.15, -0.1) is 11.3 Å². The van der Waals surface area contributed by atoms with E-state index < -0.39 is 5.91 Å². The van der Waals surface area contributed by atoms with Crippen LogP contribution in [-0.2, 0) is 19.4 Å². The molecule has 2 aromatic carbocycles. The van der Waals surface area contributed by atoms with Gasteiger partial charge in [-0.3, -0.25) is 19.7 Å². The molecule has 0 bridgehead atoms. The molecule has 2 aliphatic rings. The molecule has 5 aromatic rings. The summed E-state index contributed by atoms with van der Waals surface area (Å²) in [7, 11) is 0. The molecule has 7 rings (SSSR count). The summed E-state index contributed by atoms with van der Waals surface area (Å²) in [4.78, 5) is 45.1. The van der Waals surface area contributed by atoms with Crippen molar-refractivity contribution in [1.82, 2.24) is 14.9 Å². The van der Waals surface area contributed by atoms with Gasteiger partial charge >= 0.3 is 0 Å². The van der Waals surface area contributed by atoms with Gasteiger partial charge in [-0.25, -0.2) is 4.98 Å². The van der Waals surface area contributed by atoms with E-state index in [0.717, 1.165) is 61.4 Å². The molecule has 1 aliphatic heterocycles. The van der Waals surface area contributed by atoms with E-state index >= 15 is 0 Å². The topological polar surface area (TPSA) is 94.2 Å². The minimum absolute atomic E-state index is 0.228. The van der Waals surface area contributed by atoms with Gasteiger partial charge in [0.1, 0.15) is 0 Å². The lowest BCUT2D eigenvalue weighted by atomic mass is 9.85. The van der Waals surface area contributed by atoms with Crippen LogP contribution in [0.15, 0.2) is 41.0 Å². The summed E-state index contributed by atoms with van der Waals surface area (Å²) in [6.45, 7) is 4.71. The molecule has 4 heterocycles. The van der Waals surface area contributed by atoms with Crippen LogP contribution >= 0.6 is 11.3 Å². The Labute approximate surface area is 203 Å². The van der Waals surface area contributed by atoms with Crippen LogP contribution < -0.4 is 5.32 Å². The lowest BCUT2D eigenvalue weighted by molar-refractivity contribution is 0.0879. The monoisotopic (exact) mass is 481 g/mol. The Bertz CT molecular complexity index is 1770. The van der Waals surface area contributed by atoms with E-state index in [1.165, 1.54) is 6.26 Å². The number of thiazole rings is 1. The van der Waals surface area contributed by atoms with Crippen molar-refractivity contribution in [3.05, 3.63) is 75.3 Å². The molecule has 172 valence electrons. The number of carbonyl (C=O) groups excluding carboxylic acids is 3. The first-order valence-electron chi connectivity index (χ1n) is 11.5. The Morgan fingerprint density at radius 3 is 2.74 bits per heavy atom. The number of nitrogens with zero attached hydrogens (tertiary/aromatic N) is 2. The third-order valence-electron chi connectivity index (χ3n) is 7.05. The number of benzene rings is 2. The highest BCUT2D eigenvalue weighted by Gasteiger charge is 2.39. The van der Waals surface area contributed by atoms with Crippen LogP contribution in [0.3, 0.4) is 0 Å². The minimum atomic E-state index is -0.399. The average Bonchev–Trinajstić information content (AvgIpc) is 3.62. The average molecular weight is 482 g/mol. The zero-order chi connectivity index (χ0) is 24.0. The fourth-order valence-electron chi connectivity index (χ4n) is 5.72. The van der Waals surface area contributed by atoms with E-state index in [1.54, 1.807) is 29.5 Å². The summed E-state index contributed by atoms with van der Waals surface area (Å²) in [5, 5.41) is 4.99. The van der Waals surface area contributed by atoms with Crippen LogP contribution in [-0.4, -0.2) is 27.1 Å². The maximum atomic E-state index is 13.2. The first kappa shape index (κ1) is 20.3. The molecule has 3 aromatic heterocycles. The highest BCUT2D eigenvalue weighted by molar-refractivity contribution is 7.15. The number of imide groups is 1. The maximum absolute atomic E-state index is 13.2. The first-order valence-corrected chi connectivity index (χ1v) is 12.3. The van der Waals surface area contributed by atoms with Crippen molar-refractivity contribution < 1.29 is 18.8 Å². The Hall–Kier alpha value is -4.04. The smallest absolute Gasteiger partial charge is 0.259 e. The van der Waals surface area contributed by atoms with E-state index in [1.807, 2.05) is 19.1 Å². The molecule has 1 N–H and O–H groups in total. The number of amides is 2. The number of furan rings is 1. The standard InChI is InChI=1S/C27H19N3O4S/c1-3-30-17-9-6-13(24(31)18-5-4-10-34-18)11-15(17)19-21-22(27(33)29-26(21)32)20-14(23(19)30)7-8-16-25(20)35-12(2)28-16/h4-6,9-11H,3,7-8H2,1-2H3,(H,29,32,33). The second-order valence-corrected chi connectivity index (χ2v) is 10.1. The fraction of sp³-hybridized carbons (Fsp3) is 0.185. The van der Waals surface area contributed by atoms with Crippen LogP contribution in [0.1, 0.15) is 60.0 Å². The van der Waals surface area contributed by atoms with E-state index in [4.69, 9.17) is 4.42 Å². The number of fused-ring (bicyclic) bond motifs is 10. The molecule has 0 saturated carbocycles. The number of aryl methyl sites for hydroxylation is 4. The molecule has 0 atom stereocenters. The van der Waals surface area contributed by atoms with Crippen molar-refractivity contribution >= 4 is 50.7 Å². The van der Waals surface area contributed by atoms with Crippen LogP contribution in [0.25, 0.3) is 32.2 Å². The van der Waals surface area contributed by atoms with Gasteiger partial charge < -0.3 is 8.98 Å². The van der Waals surface area contributed by atoms with Gasteiger partial charge in [0.05, 0.1) is 38.5 Å². The molecule has 35 heavy (non-hydrogen) atoms. The van der Waals surface area contributed by atoms with Crippen LogP contribution in [0.4, 0.5) is 0 Å². The maximum Gasteiger partial charge on any atom is 0.259 e. The molecular formula is C27H19N3O4S. The van der Waals surface area contributed by atoms with Crippen molar-refractivity contribution in [1.29, 1.82) is 0 Å². The third-order valence-corrected chi connectivity index (χ3v) is 8.08. The molecule has 0 radical (unpaired) electrons. The van der Waals surface area contributed by atoms with Gasteiger partial charge in [0.2, 0.25) is 5.78 Å². The van der Waals surface area contributed by atoms with Crippen LogP contribution in [0.5, 0.6) is 0 Å². The number of carbonyl (C=O) groups is 3. The van der Waals surface area contributed by atoms with Crippen LogP contribution in [0, 0.1) is 6.92 Å². The summed E-state index contributed by atoms with van der Waals surface area (Å²) in [6.07, 6.45) is 2.98. The van der Waals surface area contributed by atoms with Gasteiger partial charge in [0.25, 0.3) is 11.8 Å². The number of ketones is 1. The summed E-state index contributed by atoms with van der Waals surface area (Å²) in [6, 6.07) is 8.85. The molecule has 1 aliphatic carbocycles. The van der Waals surface area contributed by atoms with E-state index in [2.05, 4.69) is 21.8 Å². The van der Waals surface area contributed by atoms with Gasteiger partial charge in [-0.1, -0.05) is 0 Å². The summed E-state index contributed by atoms with van der Waals surface area (Å²) >= 11 is 1.57. The number of hydrogen-bond donors (Lipinski definition) is 1. The molecule has 8 heteroatoms. The van der Waals surface area contributed by atoms with E-state index in [0.29, 0.717) is 23.2 Å². The Kier molecular flexibility index (Phi) is 4.06. The normalized spacial score (nSPS) is 14.3. The van der Waals surface area contributed by atoms with Crippen molar-refractivity contribution in [3.8, 4) is 10.4 Å². The van der Waals surface area contributed by atoms with Gasteiger partial charge in [0.15, 0.2) is 5.76 Å². The highest BCUT2D eigenvalue weighted by Crippen LogP contribution is 2.48. The summed E-state index contributed by atoms with van der Waals surface area (Å²) in [5.74, 6) is -0.743. The summed E-state index contributed by atoms with van der Waals surface area (Å²) < 4.78 is 7.52.